The van der Waals surface area contributed by atoms with Crippen LogP contribution in [0.4, 0.5) is 13.2 Å². The molecule has 1 N–H and O–H groups in total. The fourth-order valence-electron chi connectivity index (χ4n) is 1.83. The summed E-state index contributed by atoms with van der Waals surface area (Å²) in [6, 6.07) is 6.82. The molecule has 3 heterocycles. The molecule has 3 aromatic heterocycles. The summed E-state index contributed by atoms with van der Waals surface area (Å²) in [7, 11) is 0. The van der Waals surface area contributed by atoms with Gasteiger partial charge in [0.2, 0.25) is 5.82 Å². The first-order chi connectivity index (χ1) is 9.93. The number of halogens is 3. The first-order valence-corrected chi connectivity index (χ1v) is 5.97. The summed E-state index contributed by atoms with van der Waals surface area (Å²) in [5, 5.41) is 3.35. The molecule has 0 unspecified atom stereocenters. The van der Waals surface area contributed by atoms with Crippen molar-refractivity contribution in [1.29, 1.82) is 0 Å². The molecule has 3 aromatic rings. The quantitative estimate of drug-likeness (QED) is 0.786. The van der Waals surface area contributed by atoms with Crippen LogP contribution in [-0.4, -0.2) is 20.1 Å². The standard InChI is InChI=1S/C13H9F3N4O/c1-7-2-3-9(18-7)10-6-8(4-5-17-10)11-19-12(21-20-11)13(14,15)16/h2-6,18H,1H3. The van der Waals surface area contributed by atoms with Gasteiger partial charge in [-0.05, 0) is 31.2 Å². The van der Waals surface area contributed by atoms with Gasteiger partial charge in [-0.2, -0.15) is 18.2 Å². The second-order valence-electron chi connectivity index (χ2n) is 4.41. The van der Waals surface area contributed by atoms with E-state index in [1.165, 1.54) is 12.3 Å². The zero-order chi connectivity index (χ0) is 15.0. The lowest BCUT2D eigenvalue weighted by atomic mass is 10.2. The molecular weight excluding hydrogens is 285 g/mol. The van der Waals surface area contributed by atoms with Crippen molar-refractivity contribution in [3.05, 3.63) is 42.0 Å². The molecule has 8 heteroatoms. The lowest BCUT2D eigenvalue weighted by Crippen LogP contribution is -2.04. The maximum atomic E-state index is 12.5. The Bertz CT molecular complexity index is 776. The Morgan fingerprint density at radius 1 is 1.19 bits per heavy atom. The molecular formula is C13H9F3N4O. The summed E-state index contributed by atoms with van der Waals surface area (Å²) in [4.78, 5) is 10.6. The first-order valence-electron chi connectivity index (χ1n) is 5.97. The van der Waals surface area contributed by atoms with E-state index in [1.807, 2.05) is 19.1 Å². The molecule has 0 atom stereocenters. The van der Waals surface area contributed by atoms with Crippen LogP contribution in [0.2, 0.25) is 0 Å². The predicted octanol–water partition coefficient (Wildman–Crippen LogP) is 3.45. The molecule has 0 aliphatic heterocycles. The van der Waals surface area contributed by atoms with Crippen LogP contribution in [0.15, 0.2) is 35.0 Å². The van der Waals surface area contributed by atoms with Crippen LogP contribution in [0.3, 0.4) is 0 Å². The highest BCUT2D eigenvalue weighted by Gasteiger charge is 2.38. The lowest BCUT2D eigenvalue weighted by molar-refractivity contribution is -0.159. The largest absolute Gasteiger partial charge is 0.471 e. The number of nitrogens with one attached hydrogen (secondary N) is 1. The van der Waals surface area contributed by atoms with Gasteiger partial charge >= 0.3 is 12.1 Å². The molecule has 0 radical (unpaired) electrons. The lowest BCUT2D eigenvalue weighted by Gasteiger charge is -2.00. The van der Waals surface area contributed by atoms with E-state index in [2.05, 4.69) is 24.6 Å². The second-order valence-corrected chi connectivity index (χ2v) is 4.41. The number of alkyl halides is 3. The molecule has 0 aliphatic carbocycles. The van der Waals surface area contributed by atoms with Crippen molar-refractivity contribution in [3.63, 3.8) is 0 Å². The Morgan fingerprint density at radius 2 is 2.00 bits per heavy atom. The molecule has 0 aromatic carbocycles. The van der Waals surface area contributed by atoms with Crippen LogP contribution in [0.1, 0.15) is 11.6 Å². The van der Waals surface area contributed by atoms with Crippen LogP contribution < -0.4 is 0 Å². The monoisotopic (exact) mass is 294 g/mol. The third kappa shape index (κ3) is 2.64. The summed E-state index contributed by atoms with van der Waals surface area (Å²) in [5.41, 5.74) is 2.69. The molecule has 0 saturated carbocycles. The third-order valence-corrected chi connectivity index (χ3v) is 2.79. The molecule has 3 rings (SSSR count). The van der Waals surface area contributed by atoms with Gasteiger partial charge in [-0.1, -0.05) is 5.16 Å². The van der Waals surface area contributed by atoms with Crippen molar-refractivity contribution in [2.24, 2.45) is 0 Å². The average Bonchev–Trinajstić information content (AvgIpc) is 3.07. The van der Waals surface area contributed by atoms with Crippen LogP contribution in [-0.2, 0) is 6.18 Å². The fourth-order valence-corrected chi connectivity index (χ4v) is 1.83. The van der Waals surface area contributed by atoms with E-state index in [0.29, 0.717) is 11.3 Å². The van der Waals surface area contributed by atoms with Crippen molar-refractivity contribution in [3.8, 4) is 22.8 Å². The molecule has 0 spiro atoms. The minimum atomic E-state index is -4.66. The summed E-state index contributed by atoms with van der Waals surface area (Å²) in [5.74, 6) is -1.50. The maximum Gasteiger partial charge on any atom is 0.471 e. The number of aromatic nitrogens is 4. The van der Waals surface area contributed by atoms with Gasteiger partial charge in [-0.15, -0.1) is 0 Å². The molecule has 5 nitrogen and oxygen atoms in total. The minimum Gasteiger partial charge on any atom is -0.357 e. The molecule has 0 bridgehead atoms. The number of hydrogen-bond donors (Lipinski definition) is 1. The van der Waals surface area contributed by atoms with E-state index >= 15 is 0 Å². The van der Waals surface area contributed by atoms with Crippen molar-refractivity contribution in [2.75, 3.05) is 0 Å². The van der Waals surface area contributed by atoms with Crippen molar-refractivity contribution in [1.82, 2.24) is 20.1 Å². The number of pyridine rings is 1. The predicted molar refractivity (Wildman–Crippen MR) is 67.1 cm³/mol. The number of aryl methyl sites for hydroxylation is 1. The van der Waals surface area contributed by atoms with Gasteiger partial charge in [0.15, 0.2) is 0 Å². The number of rotatable bonds is 2. The van der Waals surface area contributed by atoms with E-state index < -0.39 is 12.1 Å². The number of hydrogen-bond acceptors (Lipinski definition) is 4. The van der Waals surface area contributed by atoms with Gasteiger partial charge in [0, 0.05) is 17.5 Å². The average molecular weight is 294 g/mol. The highest BCUT2D eigenvalue weighted by molar-refractivity contribution is 5.64. The van der Waals surface area contributed by atoms with Gasteiger partial charge in [0.25, 0.3) is 0 Å². The Kier molecular flexibility index (Phi) is 3.00. The highest BCUT2D eigenvalue weighted by atomic mass is 19.4. The Hall–Kier alpha value is -2.64. The SMILES string of the molecule is Cc1ccc(-c2cc(-c3noc(C(F)(F)F)n3)ccn2)[nH]1. The topological polar surface area (TPSA) is 67.6 Å². The number of nitrogens with zero attached hydrogens (tertiary/aromatic N) is 3. The Morgan fingerprint density at radius 3 is 2.62 bits per heavy atom. The molecule has 0 aliphatic rings. The Labute approximate surface area is 116 Å². The smallest absolute Gasteiger partial charge is 0.357 e. The molecule has 0 saturated heterocycles. The second kappa shape index (κ2) is 4.72. The normalized spacial score (nSPS) is 11.8. The van der Waals surface area contributed by atoms with E-state index in [0.717, 1.165) is 11.4 Å². The Balaban J connectivity index is 1.98. The van der Waals surface area contributed by atoms with Crippen LogP contribution in [0, 0.1) is 6.92 Å². The first kappa shape index (κ1) is 13.3. The maximum absolute atomic E-state index is 12.5. The highest BCUT2D eigenvalue weighted by Crippen LogP contribution is 2.30. The fraction of sp³-hybridized carbons (Fsp3) is 0.154. The van der Waals surface area contributed by atoms with Crippen LogP contribution in [0.25, 0.3) is 22.8 Å². The summed E-state index contributed by atoms with van der Waals surface area (Å²) >= 11 is 0. The van der Waals surface area contributed by atoms with Gasteiger partial charge in [0.1, 0.15) is 0 Å². The van der Waals surface area contributed by atoms with Gasteiger partial charge in [-0.25, -0.2) is 0 Å². The molecule has 0 fully saturated rings. The number of aromatic amines is 1. The summed E-state index contributed by atoms with van der Waals surface area (Å²) in [6.45, 7) is 1.89. The van der Waals surface area contributed by atoms with E-state index in [4.69, 9.17) is 0 Å². The molecule has 108 valence electrons. The van der Waals surface area contributed by atoms with Crippen molar-refractivity contribution < 1.29 is 17.7 Å². The molecule has 0 amide bonds. The summed E-state index contributed by atoms with van der Waals surface area (Å²) in [6.07, 6.45) is -3.18. The van der Waals surface area contributed by atoms with Crippen LogP contribution >= 0.6 is 0 Å². The van der Waals surface area contributed by atoms with Gasteiger partial charge in [-0.3, -0.25) is 4.98 Å². The zero-order valence-electron chi connectivity index (χ0n) is 10.8. The van der Waals surface area contributed by atoms with Crippen molar-refractivity contribution in [2.45, 2.75) is 13.1 Å². The number of H-pyrrole nitrogens is 1. The van der Waals surface area contributed by atoms with E-state index in [9.17, 15) is 13.2 Å². The zero-order valence-corrected chi connectivity index (χ0v) is 10.8. The van der Waals surface area contributed by atoms with E-state index in [1.54, 1.807) is 6.07 Å². The van der Waals surface area contributed by atoms with Gasteiger partial charge in [0.05, 0.1) is 11.4 Å². The van der Waals surface area contributed by atoms with Gasteiger partial charge < -0.3 is 9.51 Å². The third-order valence-electron chi connectivity index (χ3n) is 2.79. The molecule has 21 heavy (non-hydrogen) atoms. The van der Waals surface area contributed by atoms with Crippen molar-refractivity contribution >= 4 is 0 Å². The van der Waals surface area contributed by atoms with E-state index in [-0.39, 0.29) is 5.82 Å². The minimum absolute atomic E-state index is 0.130. The summed E-state index contributed by atoms with van der Waals surface area (Å²) < 4.78 is 41.6. The van der Waals surface area contributed by atoms with Crippen LogP contribution in [0.5, 0.6) is 0 Å².